The minimum Gasteiger partial charge on any atom is -0.494 e. The smallest absolute Gasteiger partial charge is 0.421 e. The summed E-state index contributed by atoms with van der Waals surface area (Å²) in [6.45, 7) is 6.33. The molecule has 3 aromatic carbocycles. The number of halogens is 3. The number of alkyl halides is 3. The van der Waals surface area contributed by atoms with Crippen molar-refractivity contribution in [1.29, 1.82) is 0 Å². The van der Waals surface area contributed by atoms with Crippen LogP contribution in [0.3, 0.4) is 0 Å². The summed E-state index contributed by atoms with van der Waals surface area (Å²) in [7, 11) is 1.46. The maximum Gasteiger partial charge on any atom is 0.421 e. The summed E-state index contributed by atoms with van der Waals surface area (Å²) in [6, 6.07) is 15.1. The number of carbonyl (C=O) groups is 6. The molecule has 7 rings (SSSR count). The quantitative estimate of drug-likeness (QED) is 0.0568. The summed E-state index contributed by atoms with van der Waals surface area (Å²) in [5, 5.41) is 16.3. The van der Waals surface area contributed by atoms with Crippen molar-refractivity contribution in [1.82, 2.24) is 30.4 Å². The molecule has 21 heteroatoms. The fourth-order valence-corrected chi connectivity index (χ4v) is 7.33. The largest absolute Gasteiger partial charge is 0.494 e. The summed E-state index contributed by atoms with van der Waals surface area (Å²) in [5.41, 5.74) is 1.36. The van der Waals surface area contributed by atoms with E-state index in [0.717, 1.165) is 16.7 Å². The van der Waals surface area contributed by atoms with E-state index in [0.29, 0.717) is 55.2 Å². The molecule has 0 spiro atoms. The lowest BCUT2D eigenvalue weighted by atomic mass is 10.0. The number of anilines is 7. The highest BCUT2D eigenvalue weighted by Gasteiger charge is 2.45. The highest BCUT2D eigenvalue weighted by molar-refractivity contribution is 6.25. The second-order valence-corrected chi connectivity index (χ2v) is 14.6. The number of methoxy groups -OCH3 is 1. The normalized spacial score (nSPS) is 16.5. The van der Waals surface area contributed by atoms with Gasteiger partial charge in [-0.1, -0.05) is 18.7 Å². The molecule has 4 aromatic rings. The number of nitrogens with zero attached hydrogens (tertiary/aromatic N) is 5. The number of fused-ring (bicyclic) bond motifs is 1. The fraction of sp³-hybridized carbons (Fsp3) is 0.286. The molecule has 0 bridgehead atoms. The number of piperidine rings is 1. The van der Waals surface area contributed by atoms with Gasteiger partial charge in [-0.15, -0.1) is 0 Å². The van der Waals surface area contributed by atoms with Crippen molar-refractivity contribution >= 4 is 75.6 Å². The number of imide groups is 2. The van der Waals surface area contributed by atoms with Crippen molar-refractivity contribution in [3.63, 3.8) is 0 Å². The van der Waals surface area contributed by atoms with Crippen LogP contribution in [0.2, 0.25) is 0 Å². The van der Waals surface area contributed by atoms with Crippen molar-refractivity contribution in [3.05, 3.63) is 96.2 Å². The third-order valence-electron chi connectivity index (χ3n) is 10.4. The highest BCUT2D eigenvalue weighted by Crippen LogP contribution is 2.37. The fourth-order valence-electron chi connectivity index (χ4n) is 7.33. The van der Waals surface area contributed by atoms with Gasteiger partial charge in [0.05, 0.1) is 30.5 Å². The molecule has 0 radical (unpaired) electrons. The van der Waals surface area contributed by atoms with Crippen LogP contribution in [0.5, 0.6) is 5.75 Å². The molecule has 0 aliphatic carbocycles. The molecule has 0 saturated carbocycles. The van der Waals surface area contributed by atoms with E-state index >= 15 is 0 Å². The molecular formula is C42H42F3N11O7. The average Bonchev–Trinajstić information content (AvgIpc) is 3.51. The maximum atomic E-state index is 14.0. The molecule has 3 aliphatic heterocycles. The summed E-state index contributed by atoms with van der Waals surface area (Å²) in [4.78, 5) is 88.1. The molecule has 3 aliphatic rings. The molecule has 1 unspecified atom stereocenters. The number of rotatable bonds is 15. The minimum atomic E-state index is -4.77. The van der Waals surface area contributed by atoms with E-state index in [2.05, 4.69) is 53.3 Å². The molecule has 2 fully saturated rings. The molecule has 2 saturated heterocycles. The minimum absolute atomic E-state index is 0.0165. The van der Waals surface area contributed by atoms with Gasteiger partial charge in [-0.2, -0.15) is 18.2 Å². The third kappa shape index (κ3) is 9.99. The van der Waals surface area contributed by atoms with Gasteiger partial charge in [-0.3, -0.25) is 43.9 Å². The highest BCUT2D eigenvalue weighted by atomic mass is 19.4. The molecule has 328 valence electrons. The molecule has 63 heavy (non-hydrogen) atoms. The van der Waals surface area contributed by atoms with Crippen molar-refractivity contribution in [2.75, 3.05) is 79.1 Å². The first kappa shape index (κ1) is 43.5. The number of hydrogen-bond donors (Lipinski definition) is 6. The Morgan fingerprint density at radius 1 is 0.937 bits per heavy atom. The van der Waals surface area contributed by atoms with Crippen molar-refractivity contribution < 1.29 is 46.7 Å². The van der Waals surface area contributed by atoms with E-state index in [4.69, 9.17) is 4.74 Å². The SMILES string of the molecule is C=CC(=O)Nc1cccc(Nc2nc(Nc3ccc(N4CCN(CC(=O)NCCNc5cccc6c5C(=O)N(C5CCC(=O)NC5=O)C6=O)CC4)cc3OC)ncc2C(F)(F)F)c1. The lowest BCUT2D eigenvalue weighted by Crippen LogP contribution is -2.54. The van der Waals surface area contributed by atoms with Gasteiger partial charge in [0.1, 0.15) is 23.2 Å². The second-order valence-electron chi connectivity index (χ2n) is 14.6. The molecule has 6 N–H and O–H groups in total. The summed E-state index contributed by atoms with van der Waals surface area (Å²) in [5.74, 6) is -3.34. The van der Waals surface area contributed by atoms with E-state index in [1.165, 1.54) is 25.3 Å². The van der Waals surface area contributed by atoms with E-state index < -0.39 is 53.1 Å². The van der Waals surface area contributed by atoms with Crippen LogP contribution in [0.1, 0.15) is 39.1 Å². The van der Waals surface area contributed by atoms with E-state index in [1.54, 1.807) is 36.4 Å². The van der Waals surface area contributed by atoms with Crippen molar-refractivity contribution in [3.8, 4) is 5.75 Å². The van der Waals surface area contributed by atoms with Crippen LogP contribution in [0.15, 0.2) is 79.5 Å². The van der Waals surface area contributed by atoms with E-state index in [1.807, 2.05) is 11.0 Å². The summed E-state index contributed by atoms with van der Waals surface area (Å²) < 4.78 is 47.6. The number of hydrogen-bond acceptors (Lipinski definition) is 14. The zero-order chi connectivity index (χ0) is 44.8. The molecule has 1 aromatic heterocycles. The second kappa shape index (κ2) is 18.6. The molecule has 18 nitrogen and oxygen atoms in total. The Morgan fingerprint density at radius 2 is 1.70 bits per heavy atom. The predicted octanol–water partition coefficient (Wildman–Crippen LogP) is 3.87. The van der Waals surface area contributed by atoms with E-state index in [-0.39, 0.29) is 61.1 Å². The van der Waals surface area contributed by atoms with Crippen LogP contribution in [-0.2, 0) is 25.4 Å². The standard InChI is InChI=1S/C42H42F3N11O7/c1-3-33(57)49-24-6-4-7-25(20-24)50-37-28(42(43,44)45)22-48-41(53-37)51-29-11-10-26(21-32(29)63-2)55-18-16-54(17-19-55)23-35(59)47-15-14-46-30-9-5-8-27-36(30)40(62)56(39(27)61)31-12-13-34(58)52-38(31)60/h3-11,20-22,31,46H,1,12-19,23H2,2H3,(H,47,59)(H,49,57)(H,52,58,60)(H2,48,50,51,53). The first-order valence-corrected chi connectivity index (χ1v) is 19.7. The zero-order valence-electron chi connectivity index (χ0n) is 33.8. The van der Waals surface area contributed by atoms with Crippen molar-refractivity contribution in [2.24, 2.45) is 0 Å². The van der Waals surface area contributed by atoms with Gasteiger partial charge in [-0.25, -0.2) is 4.98 Å². The monoisotopic (exact) mass is 869 g/mol. The molecule has 1 atom stereocenters. The maximum absolute atomic E-state index is 14.0. The Morgan fingerprint density at radius 3 is 2.43 bits per heavy atom. The van der Waals surface area contributed by atoms with Crippen LogP contribution in [-0.4, -0.2) is 114 Å². The van der Waals surface area contributed by atoms with Crippen LogP contribution < -0.4 is 41.5 Å². The van der Waals surface area contributed by atoms with Gasteiger partial charge in [0.25, 0.3) is 11.8 Å². The third-order valence-corrected chi connectivity index (χ3v) is 10.4. The van der Waals surface area contributed by atoms with Gasteiger partial charge in [-0.05, 0) is 55.0 Å². The number of nitrogens with one attached hydrogen (secondary N) is 6. The molecule has 6 amide bonds. The Labute approximate surface area is 358 Å². The molecule has 4 heterocycles. The Bertz CT molecular complexity index is 2480. The number of amides is 6. The van der Waals surface area contributed by atoms with Gasteiger partial charge in [0.2, 0.25) is 29.6 Å². The van der Waals surface area contributed by atoms with Crippen molar-refractivity contribution in [2.45, 2.75) is 25.1 Å². The van der Waals surface area contributed by atoms with Gasteiger partial charge < -0.3 is 36.2 Å². The Balaban J connectivity index is 0.899. The first-order chi connectivity index (χ1) is 30.2. The topological polar surface area (TPSA) is 219 Å². The number of ether oxygens (including phenoxy) is 1. The lowest BCUT2D eigenvalue weighted by molar-refractivity contribution is -0.138. The summed E-state index contributed by atoms with van der Waals surface area (Å²) >= 11 is 0. The number of benzene rings is 3. The molecular weight excluding hydrogens is 828 g/mol. The van der Waals surface area contributed by atoms with Gasteiger partial charge >= 0.3 is 6.18 Å². The number of aromatic nitrogens is 2. The van der Waals surface area contributed by atoms with Gasteiger partial charge in [0, 0.05) is 80.7 Å². The zero-order valence-corrected chi connectivity index (χ0v) is 33.8. The van der Waals surface area contributed by atoms with Gasteiger partial charge in [0.15, 0.2) is 0 Å². The van der Waals surface area contributed by atoms with Crippen LogP contribution >= 0.6 is 0 Å². The van der Waals surface area contributed by atoms with E-state index in [9.17, 15) is 41.9 Å². The lowest BCUT2D eigenvalue weighted by Gasteiger charge is -2.36. The predicted molar refractivity (Wildman–Crippen MR) is 225 cm³/mol. The summed E-state index contributed by atoms with van der Waals surface area (Å²) in [6.07, 6.45) is -2.97. The number of carbonyl (C=O) groups excluding carboxylic acids is 6. The van der Waals surface area contributed by atoms with Crippen LogP contribution in [0.25, 0.3) is 0 Å². The average molecular weight is 870 g/mol. The van der Waals surface area contributed by atoms with Crippen LogP contribution in [0.4, 0.5) is 53.4 Å². The van der Waals surface area contributed by atoms with Crippen LogP contribution in [0, 0.1) is 0 Å². The number of piperazine rings is 1. The first-order valence-electron chi connectivity index (χ1n) is 19.7. The Hall–Kier alpha value is -7.55. The Kier molecular flexibility index (Phi) is 12.9.